The lowest BCUT2D eigenvalue weighted by molar-refractivity contribution is 0.543. The Bertz CT molecular complexity index is 223. The van der Waals surface area contributed by atoms with E-state index in [4.69, 9.17) is 0 Å². The van der Waals surface area contributed by atoms with Gasteiger partial charge in [-0.05, 0) is 0 Å². The van der Waals surface area contributed by atoms with Gasteiger partial charge in [0.2, 0.25) is 5.95 Å². The number of hydrogen-bond donors (Lipinski definition) is 0. The van der Waals surface area contributed by atoms with Crippen LogP contribution in [0.2, 0.25) is 0 Å². The molecule has 0 aliphatic carbocycles. The van der Waals surface area contributed by atoms with Gasteiger partial charge in [-0.15, -0.1) is 0 Å². The molecule has 0 N–H and O–H groups in total. The second-order valence-corrected chi connectivity index (χ2v) is 2.39. The zero-order valence-electron chi connectivity index (χ0n) is 6.00. The van der Waals surface area contributed by atoms with Crippen LogP contribution in [-0.2, 0) is 0 Å². The highest BCUT2D eigenvalue weighted by Gasteiger charge is 2.06. The van der Waals surface area contributed by atoms with E-state index in [1.54, 1.807) is 0 Å². The molecule has 54 valence electrons. The molecule has 1 aromatic rings. The van der Waals surface area contributed by atoms with Crippen molar-refractivity contribution in [2.45, 2.75) is 19.8 Å². The van der Waals surface area contributed by atoms with E-state index in [1.807, 2.05) is 13.8 Å². The molecule has 2 nitrogen and oxygen atoms in total. The summed E-state index contributed by atoms with van der Waals surface area (Å²) in [7, 11) is 0. The first-order valence-corrected chi connectivity index (χ1v) is 3.18. The fourth-order valence-electron chi connectivity index (χ4n) is 0.719. The van der Waals surface area contributed by atoms with E-state index in [9.17, 15) is 4.39 Å². The van der Waals surface area contributed by atoms with E-state index in [0.29, 0.717) is 5.69 Å². The number of halogens is 1. The lowest BCUT2D eigenvalue weighted by Gasteiger charge is -2.01. The molecule has 0 saturated heterocycles. The fraction of sp³-hybridized carbons (Fsp3) is 0.429. The topological polar surface area (TPSA) is 25.8 Å². The van der Waals surface area contributed by atoms with Crippen LogP contribution in [0.4, 0.5) is 4.39 Å². The summed E-state index contributed by atoms with van der Waals surface area (Å²) in [4.78, 5) is 7.31. The molecule has 0 aliphatic heterocycles. The second kappa shape index (κ2) is 2.73. The van der Waals surface area contributed by atoms with Gasteiger partial charge in [-0.2, -0.15) is 4.39 Å². The average Bonchev–Trinajstić information content (AvgIpc) is 1.88. The molecular formula is C7H9FN2. The molecule has 1 heterocycles. The van der Waals surface area contributed by atoms with Crippen LogP contribution in [0, 0.1) is 5.95 Å². The minimum Gasteiger partial charge on any atom is -0.255 e. The molecule has 0 atom stereocenters. The number of hydrogen-bond acceptors (Lipinski definition) is 2. The van der Waals surface area contributed by atoms with Gasteiger partial charge >= 0.3 is 0 Å². The summed E-state index contributed by atoms with van der Waals surface area (Å²) in [6, 6.07) is 0. The van der Waals surface area contributed by atoms with Gasteiger partial charge in [-0.3, -0.25) is 4.98 Å². The minimum absolute atomic E-state index is 0.105. The molecule has 0 aromatic carbocycles. The third-order valence-corrected chi connectivity index (χ3v) is 1.23. The Balaban J connectivity index is 3.03. The highest BCUT2D eigenvalue weighted by atomic mass is 19.1. The van der Waals surface area contributed by atoms with E-state index in [2.05, 4.69) is 9.97 Å². The van der Waals surface area contributed by atoms with Crippen molar-refractivity contribution >= 4 is 0 Å². The van der Waals surface area contributed by atoms with Crippen molar-refractivity contribution in [1.29, 1.82) is 0 Å². The van der Waals surface area contributed by atoms with Crippen molar-refractivity contribution in [2.75, 3.05) is 0 Å². The van der Waals surface area contributed by atoms with E-state index >= 15 is 0 Å². The summed E-state index contributed by atoms with van der Waals surface area (Å²) in [5.74, 6) is -0.355. The van der Waals surface area contributed by atoms with Crippen LogP contribution in [0.15, 0.2) is 12.4 Å². The van der Waals surface area contributed by atoms with E-state index in [1.165, 1.54) is 12.4 Å². The van der Waals surface area contributed by atoms with Crippen LogP contribution in [0.3, 0.4) is 0 Å². The third kappa shape index (κ3) is 1.29. The predicted octanol–water partition coefficient (Wildman–Crippen LogP) is 1.74. The lowest BCUT2D eigenvalue weighted by Crippen LogP contribution is -1.98. The molecule has 1 rings (SSSR count). The maximum atomic E-state index is 12.7. The largest absolute Gasteiger partial charge is 0.255 e. The number of aromatic nitrogens is 2. The Morgan fingerprint density at radius 3 is 2.30 bits per heavy atom. The maximum absolute atomic E-state index is 12.7. The zero-order chi connectivity index (χ0) is 7.56. The van der Waals surface area contributed by atoms with E-state index < -0.39 is 5.95 Å². The Morgan fingerprint density at radius 1 is 1.30 bits per heavy atom. The summed E-state index contributed by atoms with van der Waals surface area (Å²) in [6.45, 7) is 3.76. The molecular weight excluding hydrogens is 131 g/mol. The van der Waals surface area contributed by atoms with Gasteiger partial charge in [0.15, 0.2) is 0 Å². The summed E-state index contributed by atoms with van der Waals surface area (Å²) in [6.07, 6.45) is 2.85. The molecule has 0 radical (unpaired) electrons. The van der Waals surface area contributed by atoms with Gasteiger partial charge < -0.3 is 0 Å². The Labute approximate surface area is 59.1 Å². The Hall–Kier alpha value is -0.990. The molecule has 0 unspecified atom stereocenters. The molecule has 0 bridgehead atoms. The smallest absolute Gasteiger partial charge is 0.234 e. The first-order chi connectivity index (χ1) is 4.72. The van der Waals surface area contributed by atoms with Crippen molar-refractivity contribution in [3.8, 4) is 0 Å². The predicted molar refractivity (Wildman–Crippen MR) is 36.1 cm³/mol. The van der Waals surface area contributed by atoms with Crippen molar-refractivity contribution in [2.24, 2.45) is 0 Å². The standard InChI is InChI=1S/C7H9FN2/c1-5(2)6-7(8)10-4-3-9-6/h3-5H,1-2H3. The second-order valence-electron chi connectivity index (χ2n) is 2.39. The van der Waals surface area contributed by atoms with Crippen LogP contribution in [0.1, 0.15) is 25.5 Å². The molecule has 0 spiro atoms. The van der Waals surface area contributed by atoms with Gasteiger partial charge in [0.25, 0.3) is 0 Å². The molecule has 3 heteroatoms. The Kier molecular flexibility index (Phi) is 1.94. The summed E-state index contributed by atoms with van der Waals surface area (Å²) in [5, 5.41) is 0. The van der Waals surface area contributed by atoms with Gasteiger partial charge in [0.1, 0.15) is 0 Å². The number of rotatable bonds is 1. The van der Waals surface area contributed by atoms with Gasteiger partial charge in [0, 0.05) is 18.3 Å². The molecule has 0 aliphatic rings. The monoisotopic (exact) mass is 140 g/mol. The molecule has 0 amide bonds. The van der Waals surface area contributed by atoms with Gasteiger partial charge in [0.05, 0.1) is 5.69 Å². The molecule has 1 aromatic heterocycles. The summed E-state index contributed by atoms with van der Waals surface area (Å²) < 4.78 is 12.7. The quantitative estimate of drug-likeness (QED) is 0.593. The van der Waals surface area contributed by atoms with Crippen molar-refractivity contribution in [3.05, 3.63) is 24.0 Å². The Morgan fingerprint density at radius 2 is 1.90 bits per heavy atom. The highest BCUT2D eigenvalue weighted by molar-refractivity contribution is 5.02. The van der Waals surface area contributed by atoms with Crippen LogP contribution in [-0.4, -0.2) is 9.97 Å². The van der Waals surface area contributed by atoms with Crippen LogP contribution in [0.5, 0.6) is 0 Å². The van der Waals surface area contributed by atoms with Crippen molar-refractivity contribution < 1.29 is 4.39 Å². The van der Waals surface area contributed by atoms with Crippen molar-refractivity contribution in [1.82, 2.24) is 9.97 Å². The molecule has 10 heavy (non-hydrogen) atoms. The number of nitrogens with zero attached hydrogens (tertiary/aromatic N) is 2. The lowest BCUT2D eigenvalue weighted by atomic mass is 10.1. The average molecular weight is 140 g/mol. The van der Waals surface area contributed by atoms with Crippen LogP contribution < -0.4 is 0 Å². The normalized spacial score (nSPS) is 10.4. The minimum atomic E-state index is -0.461. The van der Waals surface area contributed by atoms with Crippen LogP contribution >= 0.6 is 0 Å². The summed E-state index contributed by atoms with van der Waals surface area (Å²) >= 11 is 0. The zero-order valence-corrected chi connectivity index (χ0v) is 6.00. The maximum Gasteiger partial charge on any atom is 0.234 e. The van der Waals surface area contributed by atoms with E-state index in [-0.39, 0.29) is 5.92 Å². The first kappa shape index (κ1) is 7.12. The highest BCUT2D eigenvalue weighted by Crippen LogP contribution is 2.11. The molecule has 0 saturated carbocycles. The summed E-state index contributed by atoms with van der Waals surface area (Å²) in [5.41, 5.74) is 0.433. The van der Waals surface area contributed by atoms with Crippen LogP contribution in [0.25, 0.3) is 0 Å². The van der Waals surface area contributed by atoms with Gasteiger partial charge in [-0.1, -0.05) is 13.8 Å². The first-order valence-electron chi connectivity index (χ1n) is 3.18. The SMILES string of the molecule is CC(C)c1nccnc1F. The third-order valence-electron chi connectivity index (χ3n) is 1.23. The van der Waals surface area contributed by atoms with E-state index in [0.717, 1.165) is 0 Å². The fourth-order valence-corrected chi connectivity index (χ4v) is 0.719. The van der Waals surface area contributed by atoms with Crippen molar-refractivity contribution in [3.63, 3.8) is 0 Å². The van der Waals surface area contributed by atoms with Gasteiger partial charge in [-0.25, -0.2) is 4.98 Å². The molecule has 0 fully saturated rings.